The molecule has 3 aromatic heterocycles. The molecule has 0 amide bonds. The van der Waals surface area contributed by atoms with E-state index >= 15 is 0 Å². The molecule has 9 nitrogen and oxygen atoms in total. The number of fused-ring (bicyclic) bond motifs is 1. The Morgan fingerprint density at radius 2 is 2.17 bits per heavy atom. The highest BCUT2D eigenvalue weighted by molar-refractivity contribution is 6.00. The molecule has 0 saturated heterocycles. The molecule has 29 heavy (non-hydrogen) atoms. The largest absolute Gasteiger partial charge is 0.394 e. The summed E-state index contributed by atoms with van der Waals surface area (Å²) in [6.07, 6.45) is 5.32. The van der Waals surface area contributed by atoms with Crippen molar-refractivity contribution < 1.29 is 5.11 Å². The van der Waals surface area contributed by atoms with Gasteiger partial charge in [0.25, 0.3) is 0 Å². The predicted octanol–water partition coefficient (Wildman–Crippen LogP) is 2.54. The average Bonchev–Trinajstić information content (AvgIpc) is 3.35. The first-order valence-electron chi connectivity index (χ1n) is 9.11. The molecule has 4 rings (SSSR count). The number of aliphatic hydroxyl groups is 1. The van der Waals surface area contributed by atoms with Crippen molar-refractivity contribution in [3.05, 3.63) is 60.0 Å². The minimum Gasteiger partial charge on any atom is -0.394 e. The van der Waals surface area contributed by atoms with E-state index in [9.17, 15) is 0 Å². The van der Waals surface area contributed by atoms with E-state index in [1.54, 1.807) is 21.8 Å². The summed E-state index contributed by atoms with van der Waals surface area (Å²) in [5.74, 6) is 0.897. The highest BCUT2D eigenvalue weighted by atomic mass is 16.3. The van der Waals surface area contributed by atoms with E-state index in [-0.39, 0.29) is 6.61 Å². The Hall–Kier alpha value is -3.72. The van der Waals surface area contributed by atoms with Crippen LogP contribution < -0.4 is 0 Å². The van der Waals surface area contributed by atoms with Gasteiger partial charge in [-0.1, -0.05) is 17.3 Å². The lowest BCUT2D eigenvalue weighted by Crippen LogP contribution is -2.03. The van der Waals surface area contributed by atoms with Gasteiger partial charge in [-0.25, -0.2) is 14.7 Å². The number of pyridine rings is 1. The fourth-order valence-corrected chi connectivity index (χ4v) is 3.01. The third-order valence-electron chi connectivity index (χ3n) is 4.50. The second-order valence-electron chi connectivity index (χ2n) is 6.50. The van der Waals surface area contributed by atoms with Gasteiger partial charge in [0.05, 0.1) is 37.1 Å². The molecule has 0 radical (unpaired) electrons. The fraction of sp³-hybridized carbons (Fsp3) is 0.200. The van der Waals surface area contributed by atoms with Gasteiger partial charge in [0.15, 0.2) is 5.82 Å². The number of rotatable bonds is 7. The third kappa shape index (κ3) is 3.94. The van der Waals surface area contributed by atoms with E-state index in [1.165, 1.54) is 0 Å². The number of aromatic nitrogens is 6. The van der Waals surface area contributed by atoms with Crippen LogP contribution in [-0.2, 0) is 13.1 Å². The molecule has 0 aliphatic heterocycles. The van der Waals surface area contributed by atoms with E-state index < -0.39 is 0 Å². The van der Waals surface area contributed by atoms with Crippen LogP contribution in [-0.4, -0.2) is 53.9 Å². The molecule has 0 fully saturated rings. The quantitative estimate of drug-likeness (QED) is 0.490. The van der Waals surface area contributed by atoms with Crippen LogP contribution >= 0.6 is 0 Å². The van der Waals surface area contributed by atoms with Gasteiger partial charge in [0.1, 0.15) is 0 Å². The molecule has 3 heterocycles. The Kier molecular flexibility index (Phi) is 5.21. The summed E-state index contributed by atoms with van der Waals surface area (Å²) in [5.41, 5.74) is 3.58. The minimum atomic E-state index is 0.0276. The first-order chi connectivity index (χ1) is 14.2. The Labute approximate surface area is 167 Å². The lowest BCUT2D eigenvalue weighted by Gasteiger charge is -2.06. The highest BCUT2D eigenvalue weighted by Crippen LogP contribution is 2.26. The van der Waals surface area contributed by atoms with Crippen molar-refractivity contribution in [3.8, 4) is 0 Å². The molecular formula is C20H20N8O. The maximum Gasteiger partial charge on any atom is 0.220 e. The minimum absolute atomic E-state index is 0.0276. The zero-order chi connectivity index (χ0) is 20.2. The average molecular weight is 388 g/mol. The zero-order valence-corrected chi connectivity index (χ0v) is 16.0. The molecular weight excluding hydrogens is 368 g/mol. The number of aliphatic imine (C=N–C) groups is 2. The van der Waals surface area contributed by atoms with Gasteiger partial charge in [-0.2, -0.15) is 5.10 Å². The van der Waals surface area contributed by atoms with Crippen molar-refractivity contribution in [1.29, 1.82) is 0 Å². The van der Waals surface area contributed by atoms with E-state index in [0.29, 0.717) is 24.7 Å². The lowest BCUT2D eigenvalue weighted by atomic mass is 10.1. The molecule has 1 N–H and O–H groups in total. The van der Waals surface area contributed by atoms with Crippen molar-refractivity contribution in [2.75, 3.05) is 6.61 Å². The van der Waals surface area contributed by atoms with Crippen LogP contribution in [0, 0.1) is 0 Å². The zero-order valence-electron chi connectivity index (χ0n) is 16.0. The number of hydrogen-bond donors (Lipinski definition) is 1. The van der Waals surface area contributed by atoms with Crippen LogP contribution in [0.25, 0.3) is 10.9 Å². The Bertz CT molecular complexity index is 1190. The van der Waals surface area contributed by atoms with Gasteiger partial charge < -0.3 is 5.11 Å². The van der Waals surface area contributed by atoms with Crippen LogP contribution in [0.15, 0.2) is 58.9 Å². The molecule has 0 unspecified atom stereocenters. The summed E-state index contributed by atoms with van der Waals surface area (Å²) in [6, 6.07) is 10.0. The monoisotopic (exact) mass is 388 g/mol. The van der Waals surface area contributed by atoms with Gasteiger partial charge in [0.2, 0.25) is 5.82 Å². The summed E-state index contributed by atoms with van der Waals surface area (Å²) in [7, 11) is 0. The first kappa shape index (κ1) is 18.6. The normalized spacial score (nSPS) is 11.9. The van der Waals surface area contributed by atoms with Gasteiger partial charge in [-0.15, -0.1) is 5.10 Å². The van der Waals surface area contributed by atoms with Crippen molar-refractivity contribution in [2.45, 2.75) is 20.0 Å². The molecule has 0 bridgehead atoms. The molecule has 0 aliphatic carbocycles. The molecule has 4 aromatic rings. The molecule has 0 saturated carbocycles. The summed E-state index contributed by atoms with van der Waals surface area (Å²) in [4.78, 5) is 13.0. The van der Waals surface area contributed by atoms with E-state index in [1.807, 2.05) is 37.4 Å². The van der Waals surface area contributed by atoms with Crippen LogP contribution in [0.2, 0.25) is 0 Å². The SMILES string of the molecule is C=Nc1nnn(Cc2ccc3ncccc3c2)c1/N=C(\C)c1cnn(CCO)c1. The summed E-state index contributed by atoms with van der Waals surface area (Å²) in [6.45, 7) is 6.41. The van der Waals surface area contributed by atoms with Crippen LogP contribution in [0.3, 0.4) is 0 Å². The summed E-state index contributed by atoms with van der Waals surface area (Å²) in [5, 5.41) is 22.6. The molecule has 1 aromatic carbocycles. The van der Waals surface area contributed by atoms with E-state index in [2.05, 4.69) is 43.2 Å². The smallest absolute Gasteiger partial charge is 0.220 e. The number of benzene rings is 1. The number of nitrogens with zero attached hydrogens (tertiary/aromatic N) is 8. The Morgan fingerprint density at radius 1 is 1.28 bits per heavy atom. The van der Waals surface area contributed by atoms with E-state index in [4.69, 9.17) is 5.11 Å². The Balaban J connectivity index is 1.66. The van der Waals surface area contributed by atoms with Gasteiger partial charge in [-0.05, 0) is 37.4 Å². The van der Waals surface area contributed by atoms with Crippen molar-refractivity contribution in [2.24, 2.45) is 9.98 Å². The first-order valence-corrected chi connectivity index (χ1v) is 9.11. The lowest BCUT2D eigenvalue weighted by molar-refractivity contribution is 0.269. The highest BCUT2D eigenvalue weighted by Gasteiger charge is 2.13. The standard InChI is InChI=1S/C20H20N8O/c1-14(17-11-23-27(13-17)8-9-29)24-20-19(21-2)25-26-28(20)12-15-5-6-18-16(10-15)4-3-7-22-18/h3-7,10-11,13,29H,2,8-9,12H2,1H3/b24-14+. The molecule has 9 heteroatoms. The van der Waals surface area contributed by atoms with Crippen LogP contribution in [0.4, 0.5) is 11.6 Å². The van der Waals surface area contributed by atoms with Crippen molar-refractivity contribution in [3.63, 3.8) is 0 Å². The van der Waals surface area contributed by atoms with Gasteiger partial charge in [0, 0.05) is 23.3 Å². The van der Waals surface area contributed by atoms with Crippen LogP contribution in [0.1, 0.15) is 18.1 Å². The second kappa shape index (κ2) is 8.11. The van der Waals surface area contributed by atoms with E-state index in [0.717, 1.165) is 27.7 Å². The summed E-state index contributed by atoms with van der Waals surface area (Å²) < 4.78 is 3.36. The molecule has 146 valence electrons. The molecule has 0 aliphatic rings. The maximum atomic E-state index is 9.05. The van der Waals surface area contributed by atoms with Crippen molar-refractivity contribution in [1.82, 2.24) is 29.8 Å². The van der Waals surface area contributed by atoms with Gasteiger partial charge in [-0.3, -0.25) is 9.67 Å². The molecule has 0 spiro atoms. The summed E-state index contributed by atoms with van der Waals surface area (Å²) >= 11 is 0. The predicted molar refractivity (Wildman–Crippen MR) is 111 cm³/mol. The van der Waals surface area contributed by atoms with Gasteiger partial charge >= 0.3 is 0 Å². The Morgan fingerprint density at radius 3 is 3.00 bits per heavy atom. The number of hydrogen-bond acceptors (Lipinski definition) is 7. The maximum absolute atomic E-state index is 9.05. The van der Waals surface area contributed by atoms with Crippen molar-refractivity contribution >= 4 is 35.0 Å². The van der Waals surface area contributed by atoms with Crippen LogP contribution in [0.5, 0.6) is 0 Å². The second-order valence-corrected chi connectivity index (χ2v) is 6.50. The number of aliphatic hydroxyl groups excluding tert-OH is 1. The molecule has 0 atom stereocenters. The third-order valence-corrected chi connectivity index (χ3v) is 4.50. The fourth-order valence-electron chi connectivity index (χ4n) is 3.01. The topological polar surface area (TPSA) is 106 Å².